The first-order valence-electron chi connectivity index (χ1n) is 6.21. The number of halogens is 2. The highest BCUT2D eigenvalue weighted by atomic mass is 35.5. The summed E-state index contributed by atoms with van der Waals surface area (Å²) in [7, 11) is -1.71. The average Bonchev–Trinajstić information content (AvgIpc) is 2.35. The highest BCUT2D eigenvalue weighted by Crippen LogP contribution is 2.24. The van der Waals surface area contributed by atoms with Crippen molar-refractivity contribution in [1.29, 1.82) is 0 Å². The molecule has 0 saturated heterocycles. The highest BCUT2D eigenvalue weighted by molar-refractivity contribution is 7.88. The van der Waals surface area contributed by atoms with Gasteiger partial charge in [-0.05, 0) is 30.5 Å². The van der Waals surface area contributed by atoms with Crippen LogP contribution in [0.5, 0.6) is 0 Å². The molecule has 0 radical (unpaired) electrons. The lowest BCUT2D eigenvalue weighted by Crippen LogP contribution is -2.37. The first kappa shape index (κ1) is 16.8. The molecule has 0 spiro atoms. The Kier molecular flexibility index (Phi) is 6.12. The second kappa shape index (κ2) is 6.93. The molecule has 0 aliphatic heterocycles. The molecule has 3 nitrogen and oxygen atoms in total. The van der Waals surface area contributed by atoms with E-state index in [0.29, 0.717) is 15.6 Å². The Hall–Kier alpha value is -0.290. The summed E-state index contributed by atoms with van der Waals surface area (Å²) >= 11 is 11.7. The number of nitrogens with zero attached hydrogens (tertiary/aromatic N) is 1. The van der Waals surface area contributed by atoms with Crippen molar-refractivity contribution in [3.8, 4) is 0 Å². The van der Waals surface area contributed by atoms with Gasteiger partial charge in [-0.3, -0.25) is 0 Å². The molecule has 19 heavy (non-hydrogen) atoms. The predicted molar refractivity (Wildman–Crippen MR) is 81.2 cm³/mol. The van der Waals surface area contributed by atoms with Gasteiger partial charge in [0.2, 0.25) is 10.0 Å². The monoisotopic (exact) mass is 323 g/mol. The Bertz CT molecular complexity index is 527. The van der Waals surface area contributed by atoms with E-state index in [-0.39, 0.29) is 11.8 Å². The fraction of sp³-hybridized carbons (Fsp3) is 0.538. The smallest absolute Gasteiger partial charge is 0.212 e. The lowest BCUT2D eigenvalue weighted by Gasteiger charge is -2.25. The van der Waals surface area contributed by atoms with Crippen molar-refractivity contribution in [2.75, 3.05) is 7.05 Å². The summed E-state index contributed by atoms with van der Waals surface area (Å²) in [5, 5.41) is 0.802. The van der Waals surface area contributed by atoms with E-state index in [1.165, 1.54) is 4.31 Å². The van der Waals surface area contributed by atoms with Crippen LogP contribution < -0.4 is 0 Å². The molecule has 0 atom stereocenters. The molecule has 1 aromatic rings. The van der Waals surface area contributed by atoms with Gasteiger partial charge < -0.3 is 0 Å². The Balaban J connectivity index is 2.92. The zero-order valence-electron chi connectivity index (χ0n) is 11.4. The minimum atomic E-state index is -3.33. The zero-order chi connectivity index (χ0) is 14.6. The molecule has 0 aromatic heterocycles. The van der Waals surface area contributed by atoms with Crippen molar-refractivity contribution >= 4 is 33.2 Å². The van der Waals surface area contributed by atoms with E-state index >= 15 is 0 Å². The van der Waals surface area contributed by atoms with Crippen LogP contribution in [0, 0.1) is 0 Å². The maximum absolute atomic E-state index is 12.3. The van der Waals surface area contributed by atoms with E-state index < -0.39 is 10.0 Å². The van der Waals surface area contributed by atoms with Crippen LogP contribution in [0.1, 0.15) is 32.3 Å². The average molecular weight is 324 g/mol. The molecule has 0 heterocycles. The van der Waals surface area contributed by atoms with Crippen LogP contribution in [-0.4, -0.2) is 25.8 Å². The summed E-state index contributed by atoms with van der Waals surface area (Å²) < 4.78 is 26.1. The van der Waals surface area contributed by atoms with Crippen LogP contribution in [0.4, 0.5) is 0 Å². The second-order valence-corrected chi connectivity index (χ2v) is 7.33. The van der Waals surface area contributed by atoms with E-state index in [1.54, 1.807) is 25.2 Å². The maximum Gasteiger partial charge on any atom is 0.218 e. The Labute approximate surface area is 125 Å². The summed E-state index contributed by atoms with van der Waals surface area (Å²) in [6.45, 7) is 3.97. The topological polar surface area (TPSA) is 37.4 Å². The Morgan fingerprint density at radius 2 is 1.74 bits per heavy atom. The van der Waals surface area contributed by atoms with Gasteiger partial charge in [0.1, 0.15) is 0 Å². The van der Waals surface area contributed by atoms with E-state index in [0.717, 1.165) is 12.8 Å². The third kappa shape index (κ3) is 4.35. The van der Waals surface area contributed by atoms with Gasteiger partial charge in [-0.25, -0.2) is 12.7 Å². The molecule has 0 aliphatic rings. The molecule has 0 unspecified atom stereocenters. The summed E-state index contributed by atoms with van der Waals surface area (Å²) in [6, 6.07) is 4.94. The van der Waals surface area contributed by atoms with Crippen molar-refractivity contribution < 1.29 is 8.42 Å². The fourth-order valence-electron chi connectivity index (χ4n) is 1.97. The largest absolute Gasteiger partial charge is 0.218 e. The zero-order valence-corrected chi connectivity index (χ0v) is 13.7. The molecule has 0 saturated carbocycles. The molecule has 0 aliphatic carbocycles. The van der Waals surface area contributed by atoms with Crippen molar-refractivity contribution in [2.45, 2.75) is 38.5 Å². The summed E-state index contributed by atoms with van der Waals surface area (Å²) in [4.78, 5) is 0. The van der Waals surface area contributed by atoms with Gasteiger partial charge in [0.25, 0.3) is 0 Å². The number of hydrogen-bond donors (Lipinski definition) is 0. The maximum atomic E-state index is 12.3. The predicted octanol–water partition coefficient (Wildman–Crippen LogP) is 3.94. The molecular weight excluding hydrogens is 305 g/mol. The van der Waals surface area contributed by atoms with Crippen LogP contribution in [0.25, 0.3) is 0 Å². The molecule has 0 fully saturated rings. The Morgan fingerprint density at radius 3 is 2.21 bits per heavy atom. The molecule has 0 N–H and O–H groups in total. The van der Waals surface area contributed by atoms with Crippen LogP contribution in [0.15, 0.2) is 18.2 Å². The van der Waals surface area contributed by atoms with Crippen molar-refractivity contribution in [2.24, 2.45) is 0 Å². The standard InChI is InChI=1S/C13H19Cl2NO2S/c1-4-11(5-2)16(3)19(17,18)9-10-6-7-12(14)13(15)8-10/h6-8,11H,4-5,9H2,1-3H3. The van der Waals surface area contributed by atoms with Gasteiger partial charge in [-0.2, -0.15) is 0 Å². The third-order valence-electron chi connectivity index (χ3n) is 3.23. The molecule has 108 valence electrons. The summed E-state index contributed by atoms with van der Waals surface area (Å²) in [5.74, 6) is -0.0586. The summed E-state index contributed by atoms with van der Waals surface area (Å²) in [5.41, 5.74) is 0.646. The summed E-state index contributed by atoms with van der Waals surface area (Å²) in [6.07, 6.45) is 1.60. The van der Waals surface area contributed by atoms with Gasteiger partial charge >= 0.3 is 0 Å². The third-order valence-corrected chi connectivity index (χ3v) is 5.84. The van der Waals surface area contributed by atoms with E-state index in [1.807, 2.05) is 13.8 Å². The van der Waals surface area contributed by atoms with Gasteiger partial charge in [0.05, 0.1) is 15.8 Å². The molecule has 1 rings (SSSR count). The van der Waals surface area contributed by atoms with Gasteiger partial charge in [-0.1, -0.05) is 43.1 Å². The Morgan fingerprint density at radius 1 is 1.16 bits per heavy atom. The van der Waals surface area contributed by atoms with Gasteiger partial charge in [0, 0.05) is 13.1 Å². The number of hydrogen-bond acceptors (Lipinski definition) is 2. The second-order valence-electron chi connectivity index (χ2n) is 4.49. The van der Waals surface area contributed by atoms with Gasteiger partial charge in [-0.15, -0.1) is 0 Å². The van der Waals surface area contributed by atoms with E-state index in [4.69, 9.17) is 23.2 Å². The van der Waals surface area contributed by atoms with Crippen molar-refractivity contribution in [1.82, 2.24) is 4.31 Å². The van der Waals surface area contributed by atoms with Crippen LogP contribution in [-0.2, 0) is 15.8 Å². The lowest BCUT2D eigenvalue weighted by atomic mass is 10.2. The fourth-order valence-corrected chi connectivity index (χ4v) is 3.85. The molecule has 0 bridgehead atoms. The molecular formula is C13H19Cl2NO2S. The van der Waals surface area contributed by atoms with E-state index in [2.05, 4.69) is 0 Å². The number of rotatable bonds is 6. The van der Waals surface area contributed by atoms with Crippen molar-refractivity contribution in [3.05, 3.63) is 33.8 Å². The van der Waals surface area contributed by atoms with Gasteiger partial charge in [0.15, 0.2) is 0 Å². The first-order chi connectivity index (χ1) is 8.81. The highest BCUT2D eigenvalue weighted by Gasteiger charge is 2.24. The van der Waals surface area contributed by atoms with Crippen LogP contribution in [0.2, 0.25) is 10.0 Å². The van der Waals surface area contributed by atoms with Crippen molar-refractivity contribution in [3.63, 3.8) is 0 Å². The minimum absolute atomic E-state index is 0.0350. The minimum Gasteiger partial charge on any atom is -0.212 e. The number of sulfonamides is 1. The van der Waals surface area contributed by atoms with Crippen LogP contribution in [0.3, 0.4) is 0 Å². The molecule has 1 aromatic carbocycles. The SMILES string of the molecule is CCC(CC)N(C)S(=O)(=O)Cc1ccc(Cl)c(Cl)c1. The quantitative estimate of drug-likeness (QED) is 0.795. The molecule has 6 heteroatoms. The van der Waals surface area contributed by atoms with E-state index in [9.17, 15) is 8.42 Å². The molecule has 0 amide bonds. The number of benzene rings is 1. The lowest BCUT2D eigenvalue weighted by molar-refractivity contribution is 0.349. The normalized spacial score (nSPS) is 12.4. The first-order valence-corrected chi connectivity index (χ1v) is 8.58. The van der Waals surface area contributed by atoms with Crippen LogP contribution >= 0.6 is 23.2 Å².